The summed E-state index contributed by atoms with van der Waals surface area (Å²) < 4.78 is 15.0. The molecule has 0 N–H and O–H groups in total. The van der Waals surface area contributed by atoms with E-state index in [-0.39, 0.29) is 10.8 Å². The molecule has 6 aromatic carbocycles. The summed E-state index contributed by atoms with van der Waals surface area (Å²) in [6, 6.07) is 51.2. The summed E-state index contributed by atoms with van der Waals surface area (Å²) in [5, 5.41) is 4.58. The van der Waals surface area contributed by atoms with Gasteiger partial charge in [-0.15, -0.1) is 0 Å². The van der Waals surface area contributed by atoms with Gasteiger partial charge in [0.2, 0.25) is 0 Å². The Bertz CT molecular complexity index is 1890. The van der Waals surface area contributed by atoms with Crippen LogP contribution < -0.4 is 30.3 Å². The second kappa shape index (κ2) is 15.9. The van der Waals surface area contributed by atoms with Gasteiger partial charge in [-0.05, 0) is 46.2 Å². The molecule has 6 aromatic rings. The Balaban J connectivity index is 1.69. The summed E-state index contributed by atoms with van der Waals surface area (Å²) in [7, 11) is -2.47. The van der Waals surface area contributed by atoms with Crippen LogP contribution in [0.4, 0.5) is 0 Å². The molecule has 0 aliphatic rings. The summed E-state index contributed by atoms with van der Waals surface area (Å²) in [5.74, 6) is 1.71. The van der Waals surface area contributed by atoms with Crippen LogP contribution in [0.2, 0.25) is 0 Å². The van der Waals surface area contributed by atoms with Gasteiger partial charge < -0.3 is 9.05 Å². The molecule has 52 heavy (non-hydrogen) atoms. The van der Waals surface area contributed by atoms with Crippen molar-refractivity contribution < 1.29 is 9.05 Å². The van der Waals surface area contributed by atoms with Crippen molar-refractivity contribution in [2.75, 3.05) is 0 Å². The number of benzene rings is 6. The van der Waals surface area contributed by atoms with E-state index >= 15 is 0 Å². The lowest BCUT2D eigenvalue weighted by Crippen LogP contribution is -2.20. The van der Waals surface area contributed by atoms with Crippen molar-refractivity contribution in [3.8, 4) is 22.6 Å². The van der Waals surface area contributed by atoms with Crippen LogP contribution in [0.15, 0.2) is 159 Å². The minimum atomic E-state index is -1.23. The zero-order valence-corrected chi connectivity index (χ0v) is 32.9. The monoisotopic (exact) mass is 718 g/mol. The predicted octanol–water partition coefficient (Wildman–Crippen LogP) is 12.1. The lowest BCUT2D eigenvalue weighted by Gasteiger charge is -2.32. The molecule has 0 saturated heterocycles. The van der Waals surface area contributed by atoms with Crippen molar-refractivity contribution in [3.05, 3.63) is 181 Å². The van der Waals surface area contributed by atoms with E-state index in [1.54, 1.807) is 0 Å². The molecule has 0 atom stereocenters. The summed E-state index contributed by atoms with van der Waals surface area (Å²) >= 11 is 0. The lowest BCUT2D eigenvalue weighted by molar-refractivity contribution is 0.536. The van der Waals surface area contributed by atoms with Gasteiger partial charge >= 0.3 is 0 Å². The first-order valence-corrected chi connectivity index (χ1v) is 20.3. The van der Waals surface area contributed by atoms with Gasteiger partial charge in [0, 0.05) is 43.5 Å². The zero-order chi connectivity index (χ0) is 36.9. The first-order valence-electron chi connectivity index (χ1n) is 17.8. The maximum absolute atomic E-state index is 7.51. The second-order valence-electron chi connectivity index (χ2n) is 14.9. The van der Waals surface area contributed by atoms with E-state index in [9.17, 15) is 0 Å². The van der Waals surface area contributed by atoms with Crippen LogP contribution in [0.5, 0.6) is 11.5 Å². The molecule has 0 unspecified atom stereocenters. The molecule has 0 spiro atoms. The van der Waals surface area contributed by atoms with Crippen molar-refractivity contribution in [2.24, 2.45) is 0 Å². The first kappa shape index (κ1) is 37.0. The van der Waals surface area contributed by atoms with Gasteiger partial charge in [-0.25, -0.2) is 0 Å². The molecule has 0 aromatic heterocycles. The quantitative estimate of drug-likeness (QED) is 0.124. The van der Waals surface area contributed by atoms with Crippen molar-refractivity contribution >= 4 is 49.7 Å². The highest BCUT2D eigenvalue weighted by molar-refractivity contribution is 7.69. The molecule has 2 nitrogen and oxygen atoms in total. The molecule has 0 heterocycles. The third-order valence-electron chi connectivity index (χ3n) is 8.93. The summed E-state index contributed by atoms with van der Waals surface area (Å²) in [5.41, 5.74) is 5.72. The third-order valence-corrected chi connectivity index (χ3v) is 12.7. The highest BCUT2D eigenvalue weighted by Crippen LogP contribution is 2.53. The molecule has 0 saturated carbocycles. The van der Waals surface area contributed by atoms with E-state index in [1.165, 1.54) is 0 Å². The number of rotatable bonds is 11. The lowest BCUT2D eigenvalue weighted by atomic mass is 9.80. The first-order chi connectivity index (χ1) is 25.0. The van der Waals surface area contributed by atoms with Crippen LogP contribution in [-0.4, -0.2) is 0 Å². The molecular weight excluding hydrogens is 670 g/mol. The van der Waals surface area contributed by atoms with E-state index < -0.39 is 16.3 Å². The fraction of sp³-hybridized carbons (Fsp3) is 0.167. The van der Waals surface area contributed by atoms with Gasteiger partial charge in [-0.1, -0.05) is 188 Å². The fourth-order valence-electron chi connectivity index (χ4n) is 6.19. The largest absolute Gasteiger partial charge is 0.464 e. The van der Waals surface area contributed by atoms with Crippen LogP contribution >= 0.6 is 16.3 Å². The Morgan fingerprint density at radius 2 is 0.692 bits per heavy atom. The van der Waals surface area contributed by atoms with E-state index in [4.69, 9.17) is 9.05 Å². The van der Waals surface area contributed by atoms with Crippen LogP contribution in [0.3, 0.4) is 0 Å². The highest BCUT2D eigenvalue weighted by atomic mass is 31.1. The smallest absolute Gasteiger partial charge is 0.150 e. The van der Waals surface area contributed by atoms with Crippen LogP contribution in [-0.2, 0) is 10.8 Å². The summed E-state index contributed by atoms with van der Waals surface area (Å²) in [6.07, 6.45) is 3.87. The highest BCUT2D eigenvalue weighted by Gasteiger charge is 2.32. The van der Waals surface area contributed by atoms with Gasteiger partial charge in [0.05, 0.1) is 0 Å². The van der Waals surface area contributed by atoms with E-state index in [2.05, 4.69) is 200 Å². The Hall–Kier alpha value is -4.74. The summed E-state index contributed by atoms with van der Waals surface area (Å²) in [6.45, 7) is 22.0. The molecule has 6 rings (SSSR count). The van der Waals surface area contributed by atoms with Gasteiger partial charge in [0.15, 0.2) is 16.3 Å². The van der Waals surface area contributed by atoms with Crippen molar-refractivity contribution in [1.29, 1.82) is 0 Å². The molecule has 262 valence electrons. The van der Waals surface area contributed by atoms with Gasteiger partial charge in [0.1, 0.15) is 11.5 Å². The second-order valence-corrected chi connectivity index (χ2v) is 18.5. The number of hydrogen-bond acceptors (Lipinski definition) is 2. The molecule has 0 aliphatic heterocycles. The molecule has 0 amide bonds. The Kier molecular flexibility index (Phi) is 11.3. The Morgan fingerprint density at radius 3 is 0.923 bits per heavy atom. The molecule has 0 bridgehead atoms. The average Bonchev–Trinajstić information content (AvgIpc) is 3.16. The predicted molar refractivity (Wildman–Crippen MR) is 229 cm³/mol. The standard InChI is InChI=1S/C48H48O2P2/c1-9-35-31-41(45(43(33-35)47(3,4)5)49-51(37-23-15-11-16-24-37)38-25-17-12-18-26-38)42-32-36(10-2)34-44(48(6,7)8)46(42)50-52(39-27-19-13-20-28-39)40-29-21-14-22-30-40/h9-34H,1-2H2,3-8H3. The zero-order valence-electron chi connectivity index (χ0n) is 31.1. The van der Waals surface area contributed by atoms with Crippen LogP contribution in [0.25, 0.3) is 23.3 Å². The van der Waals surface area contributed by atoms with E-state index in [0.29, 0.717) is 0 Å². The molecule has 0 fully saturated rings. The minimum Gasteiger partial charge on any atom is -0.464 e. The van der Waals surface area contributed by atoms with E-state index in [0.717, 1.165) is 66.1 Å². The molecule has 0 radical (unpaired) electrons. The molecular formula is C48H48O2P2. The molecule has 4 heteroatoms. The van der Waals surface area contributed by atoms with Crippen LogP contribution in [0.1, 0.15) is 63.8 Å². The van der Waals surface area contributed by atoms with Crippen molar-refractivity contribution in [2.45, 2.75) is 52.4 Å². The normalized spacial score (nSPS) is 11.8. The summed E-state index contributed by atoms with van der Waals surface area (Å²) in [4.78, 5) is 0. The van der Waals surface area contributed by atoms with Crippen molar-refractivity contribution in [1.82, 2.24) is 0 Å². The Labute approximate surface area is 313 Å². The topological polar surface area (TPSA) is 18.5 Å². The van der Waals surface area contributed by atoms with E-state index in [1.807, 2.05) is 12.2 Å². The van der Waals surface area contributed by atoms with Crippen LogP contribution in [0, 0.1) is 0 Å². The Morgan fingerprint density at radius 1 is 0.423 bits per heavy atom. The maximum Gasteiger partial charge on any atom is 0.150 e. The average molecular weight is 719 g/mol. The fourth-order valence-corrected chi connectivity index (χ4v) is 9.74. The maximum atomic E-state index is 7.51. The molecule has 0 aliphatic carbocycles. The van der Waals surface area contributed by atoms with Gasteiger partial charge in [-0.3, -0.25) is 0 Å². The SMILES string of the molecule is C=Cc1cc(-c2cc(C=C)cc(C(C)(C)C)c2OP(c2ccccc2)c2ccccc2)c(OP(c2ccccc2)c2ccccc2)c(C(C)(C)C)c1. The van der Waals surface area contributed by atoms with Gasteiger partial charge in [0.25, 0.3) is 0 Å². The van der Waals surface area contributed by atoms with Gasteiger partial charge in [-0.2, -0.15) is 0 Å². The number of hydrogen-bond donors (Lipinski definition) is 0. The minimum absolute atomic E-state index is 0.248. The third kappa shape index (κ3) is 8.32. The van der Waals surface area contributed by atoms with Crippen molar-refractivity contribution in [3.63, 3.8) is 0 Å².